The Morgan fingerprint density at radius 3 is 2.88 bits per heavy atom. The van der Waals surface area contributed by atoms with Crippen molar-refractivity contribution >= 4 is 11.8 Å². The monoisotopic (exact) mass is 225 g/mol. The smallest absolute Gasteiger partial charge is 0.245 e. The van der Waals surface area contributed by atoms with Crippen LogP contribution in [0.25, 0.3) is 0 Å². The van der Waals surface area contributed by atoms with Crippen LogP contribution in [-0.2, 0) is 9.59 Å². The number of amides is 2. The summed E-state index contributed by atoms with van der Waals surface area (Å²) in [6.07, 6.45) is 4.28. The summed E-state index contributed by atoms with van der Waals surface area (Å²) in [5.74, 6) is 0.0423. The highest BCUT2D eigenvalue weighted by atomic mass is 16.2. The molecule has 2 aliphatic rings. The largest absolute Gasteiger partial charge is 0.344 e. The van der Waals surface area contributed by atoms with Gasteiger partial charge in [-0.25, -0.2) is 0 Å². The molecular weight excluding hydrogens is 206 g/mol. The van der Waals surface area contributed by atoms with Gasteiger partial charge in [0.2, 0.25) is 11.8 Å². The summed E-state index contributed by atoms with van der Waals surface area (Å²) >= 11 is 0. The summed E-state index contributed by atoms with van der Waals surface area (Å²) in [7, 11) is 0. The van der Waals surface area contributed by atoms with Gasteiger partial charge in [0.05, 0.1) is 0 Å². The highest BCUT2D eigenvalue weighted by Gasteiger charge is 2.34. The number of piperidine rings is 1. The zero-order valence-electron chi connectivity index (χ0n) is 9.45. The number of rotatable bonds is 2. The Hall–Kier alpha value is -1.10. The molecule has 1 unspecified atom stereocenters. The lowest BCUT2D eigenvalue weighted by atomic mass is 10.0. The SMILES string of the molecule is NCC1CCCCN1C(=O)[C@H]1CCC(=O)N1. The number of hydrogen-bond acceptors (Lipinski definition) is 3. The van der Waals surface area contributed by atoms with Crippen LogP contribution in [0.15, 0.2) is 0 Å². The fourth-order valence-electron chi connectivity index (χ4n) is 2.54. The van der Waals surface area contributed by atoms with E-state index in [0.29, 0.717) is 19.4 Å². The molecule has 0 saturated carbocycles. The van der Waals surface area contributed by atoms with Gasteiger partial charge in [-0.15, -0.1) is 0 Å². The Bertz CT molecular complexity index is 293. The van der Waals surface area contributed by atoms with Gasteiger partial charge < -0.3 is 16.0 Å². The number of carbonyl (C=O) groups is 2. The Morgan fingerprint density at radius 2 is 2.25 bits per heavy atom. The van der Waals surface area contributed by atoms with Crippen molar-refractivity contribution in [1.29, 1.82) is 0 Å². The predicted molar refractivity (Wildman–Crippen MR) is 59.6 cm³/mol. The maximum absolute atomic E-state index is 12.2. The molecule has 0 bridgehead atoms. The molecule has 0 aromatic carbocycles. The third-order valence-corrected chi connectivity index (χ3v) is 3.48. The zero-order chi connectivity index (χ0) is 11.5. The zero-order valence-corrected chi connectivity index (χ0v) is 9.45. The third-order valence-electron chi connectivity index (χ3n) is 3.48. The van der Waals surface area contributed by atoms with Crippen LogP contribution >= 0.6 is 0 Å². The first-order valence-corrected chi connectivity index (χ1v) is 6.02. The molecule has 2 fully saturated rings. The lowest BCUT2D eigenvalue weighted by Crippen LogP contribution is -2.53. The lowest BCUT2D eigenvalue weighted by Gasteiger charge is -2.36. The van der Waals surface area contributed by atoms with E-state index in [1.165, 1.54) is 0 Å². The molecule has 0 aliphatic carbocycles. The second-order valence-corrected chi connectivity index (χ2v) is 4.58. The summed E-state index contributed by atoms with van der Waals surface area (Å²) in [5, 5.41) is 2.72. The molecule has 2 atom stereocenters. The molecule has 0 aromatic heterocycles. The van der Waals surface area contributed by atoms with Gasteiger partial charge in [0, 0.05) is 25.6 Å². The minimum Gasteiger partial charge on any atom is -0.344 e. The van der Waals surface area contributed by atoms with E-state index in [1.54, 1.807) is 0 Å². The second-order valence-electron chi connectivity index (χ2n) is 4.58. The summed E-state index contributed by atoms with van der Waals surface area (Å²) in [4.78, 5) is 25.1. The number of likely N-dealkylation sites (tertiary alicyclic amines) is 1. The van der Waals surface area contributed by atoms with Crippen LogP contribution in [0.2, 0.25) is 0 Å². The van der Waals surface area contributed by atoms with E-state index in [0.717, 1.165) is 25.8 Å². The highest BCUT2D eigenvalue weighted by molar-refractivity contribution is 5.91. The van der Waals surface area contributed by atoms with E-state index < -0.39 is 0 Å². The summed E-state index contributed by atoms with van der Waals surface area (Å²) in [6.45, 7) is 1.31. The molecule has 90 valence electrons. The van der Waals surface area contributed by atoms with Crippen molar-refractivity contribution in [3.63, 3.8) is 0 Å². The summed E-state index contributed by atoms with van der Waals surface area (Å²) < 4.78 is 0. The Morgan fingerprint density at radius 1 is 1.44 bits per heavy atom. The van der Waals surface area contributed by atoms with Gasteiger partial charge in [0.15, 0.2) is 0 Å². The van der Waals surface area contributed by atoms with Crippen LogP contribution in [0.5, 0.6) is 0 Å². The topological polar surface area (TPSA) is 75.4 Å². The normalized spacial score (nSPS) is 30.3. The second kappa shape index (κ2) is 4.82. The number of carbonyl (C=O) groups excluding carboxylic acids is 2. The van der Waals surface area contributed by atoms with E-state index in [-0.39, 0.29) is 23.9 Å². The molecule has 2 aliphatic heterocycles. The molecule has 16 heavy (non-hydrogen) atoms. The van der Waals surface area contributed by atoms with Crippen LogP contribution in [0.3, 0.4) is 0 Å². The van der Waals surface area contributed by atoms with E-state index in [9.17, 15) is 9.59 Å². The van der Waals surface area contributed by atoms with Gasteiger partial charge in [0.25, 0.3) is 0 Å². The number of hydrogen-bond donors (Lipinski definition) is 2. The fraction of sp³-hybridized carbons (Fsp3) is 0.818. The number of nitrogens with one attached hydrogen (secondary N) is 1. The molecule has 2 amide bonds. The Labute approximate surface area is 95.3 Å². The van der Waals surface area contributed by atoms with Gasteiger partial charge in [0.1, 0.15) is 6.04 Å². The molecule has 0 radical (unpaired) electrons. The van der Waals surface area contributed by atoms with Crippen molar-refractivity contribution in [3.8, 4) is 0 Å². The highest BCUT2D eigenvalue weighted by Crippen LogP contribution is 2.19. The molecule has 2 heterocycles. The average molecular weight is 225 g/mol. The number of nitrogens with zero attached hydrogens (tertiary/aromatic N) is 1. The molecule has 5 nitrogen and oxygen atoms in total. The van der Waals surface area contributed by atoms with Crippen LogP contribution < -0.4 is 11.1 Å². The average Bonchev–Trinajstić information content (AvgIpc) is 2.75. The Kier molecular flexibility index (Phi) is 3.43. The van der Waals surface area contributed by atoms with Gasteiger partial charge >= 0.3 is 0 Å². The van der Waals surface area contributed by atoms with Gasteiger partial charge in [-0.2, -0.15) is 0 Å². The van der Waals surface area contributed by atoms with E-state index >= 15 is 0 Å². The van der Waals surface area contributed by atoms with Crippen molar-refractivity contribution in [2.75, 3.05) is 13.1 Å². The maximum atomic E-state index is 12.2. The fourth-order valence-corrected chi connectivity index (χ4v) is 2.54. The van der Waals surface area contributed by atoms with Crippen LogP contribution in [0.4, 0.5) is 0 Å². The molecule has 3 N–H and O–H groups in total. The van der Waals surface area contributed by atoms with Gasteiger partial charge in [-0.1, -0.05) is 0 Å². The van der Waals surface area contributed by atoms with E-state index in [4.69, 9.17) is 5.73 Å². The third kappa shape index (κ3) is 2.19. The van der Waals surface area contributed by atoms with Gasteiger partial charge in [-0.3, -0.25) is 9.59 Å². The minimum atomic E-state index is -0.306. The predicted octanol–water partition coefficient (Wildman–Crippen LogP) is -0.395. The standard InChI is InChI=1S/C11H19N3O2/c12-7-8-3-1-2-6-14(8)11(16)9-4-5-10(15)13-9/h8-9H,1-7,12H2,(H,13,15)/t8?,9-/m1/s1. The summed E-state index contributed by atoms with van der Waals surface area (Å²) in [5.41, 5.74) is 5.68. The van der Waals surface area contributed by atoms with Crippen molar-refractivity contribution < 1.29 is 9.59 Å². The van der Waals surface area contributed by atoms with Crippen molar-refractivity contribution in [3.05, 3.63) is 0 Å². The molecule has 5 heteroatoms. The van der Waals surface area contributed by atoms with Crippen LogP contribution in [-0.4, -0.2) is 41.9 Å². The molecule has 0 spiro atoms. The van der Waals surface area contributed by atoms with E-state index in [1.807, 2.05) is 4.90 Å². The minimum absolute atomic E-state index is 0.0142. The summed E-state index contributed by atoms with van der Waals surface area (Å²) in [6, 6.07) is -0.140. The first-order valence-electron chi connectivity index (χ1n) is 6.02. The molecule has 2 saturated heterocycles. The Balaban J connectivity index is 1.99. The molecule has 0 aromatic rings. The van der Waals surface area contributed by atoms with Crippen molar-refractivity contribution in [2.24, 2.45) is 5.73 Å². The van der Waals surface area contributed by atoms with Crippen molar-refractivity contribution in [2.45, 2.75) is 44.2 Å². The first kappa shape index (κ1) is 11.4. The quantitative estimate of drug-likeness (QED) is 0.671. The number of nitrogens with two attached hydrogens (primary N) is 1. The lowest BCUT2D eigenvalue weighted by molar-refractivity contribution is -0.137. The molecular formula is C11H19N3O2. The van der Waals surface area contributed by atoms with E-state index in [2.05, 4.69) is 5.32 Å². The van der Waals surface area contributed by atoms with Crippen LogP contribution in [0.1, 0.15) is 32.1 Å². The first-order chi connectivity index (χ1) is 7.72. The maximum Gasteiger partial charge on any atom is 0.245 e. The van der Waals surface area contributed by atoms with Gasteiger partial charge in [-0.05, 0) is 25.7 Å². The van der Waals surface area contributed by atoms with Crippen LogP contribution in [0, 0.1) is 0 Å². The molecule has 2 rings (SSSR count). The van der Waals surface area contributed by atoms with Crippen molar-refractivity contribution in [1.82, 2.24) is 10.2 Å².